The number of nitrogens with zero attached hydrogens (tertiary/aromatic N) is 1. The lowest BCUT2D eigenvalue weighted by Gasteiger charge is -2.19. The molecule has 1 atom stereocenters. The number of amides is 1. The van der Waals surface area contributed by atoms with Crippen molar-refractivity contribution in [2.24, 2.45) is 0 Å². The Kier molecular flexibility index (Phi) is 8.00. The zero-order chi connectivity index (χ0) is 22.5. The van der Waals surface area contributed by atoms with Crippen LogP contribution < -0.4 is 5.32 Å². The minimum Gasteiger partial charge on any atom is -0.449 e. The van der Waals surface area contributed by atoms with Gasteiger partial charge in [-0.2, -0.15) is 4.31 Å². The number of hydrogen-bond acceptors (Lipinski definition) is 5. The number of sulfonamides is 1. The Morgan fingerprint density at radius 1 is 1.13 bits per heavy atom. The Hall–Kier alpha value is -2.42. The monoisotopic (exact) mass is 452 g/mol. The van der Waals surface area contributed by atoms with Gasteiger partial charge in [-0.25, -0.2) is 13.2 Å². The maximum atomic E-state index is 12.7. The standard InChI is InChI=1S/C21H25ClN2O5S/c1-5-24(6-2)30(27,28)16-11-12-18(22)17(13-16)21(26)29-15(4)20(25)23-19-10-8-7-9-14(19)3/h7-13,15H,5-6H2,1-4H3,(H,23,25). The molecule has 2 aromatic rings. The van der Waals surface area contributed by atoms with Crippen LogP contribution in [0.4, 0.5) is 5.69 Å². The third-order valence-electron chi connectivity index (χ3n) is 4.56. The Morgan fingerprint density at radius 3 is 2.37 bits per heavy atom. The summed E-state index contributed by atoms with van der Waals surface area (Å²) in [6.07, 6.45) is -1.11. The van der Waals surface area contributed by atoms with Crippen molar-refractivity contribution >= 4 is 39.2 Å². The van der Waals surface area contributed by atoms with Gasteiger partial charge in [-0.3, -0.25) is 4.79 Å². The summed E-state index contributed by atoms with van der Waals surface area (Å²) in [5.74, 6) is -1.40. The van der Waals surface area contributed by atoms with Crippen molar-refractivity contribution in [1.29, 1.82) is 0 Å². The van der Waals surface area contributed by atoms with Gasteiger partial charge in [-0.05, 0) is 43.7 Å². The highest BCUT2D eigenvalue weighted by molar-refractivity contribution is 7.89. The normalized spacial score (nSPS) is 12.5. The molecule has 2 rings (SSSR count). The number of carbonyl (C=O) groups is 2. The summed E-state index contributed by atoms with van der Waals surface area (Å²) < 4.78 is 31.9. The maximum Gasteiger partial charge on any atom is 0.340 e. The van der Waals surface area contributed by atoms with E-state index in [9.17, 15) is 18.0 Å². The van der Waals surface area contributed by atoms with Crippen molar-refractivity contribution in [2.75, 3.05) is 18.4 Å². The van der Waals surface area contributed by atoms with Crippen LogP contribution in [0.2, 0.25) is 5.02 Å². The molecule has 2 aromatic carbocycles. The summed E-state index contributed by atoms with van der Waals surface area (Å²) in [6.45, 7) is 7.29. The van der Waals surface area contributed by atoms with Gasteiger partial charge in [-0.1, -0.05) is 43.6 Å². The first-order chi connectivity index (χ1) is 14.1. The van der Waals surface area contributed by atoms with Gasteiger partial charge in [0.25, 0.3) is 5.91 Å². The maximum absolute atomic E-state index is 12.7. The number of hydrogen-bond donors (Lipinski definition) is 1. The van der Waals surface area contributed by atoms with E-state index in [0.29, 0.717) is 5.69 Å². The molecule has 0 heterocycles. The first kappa shape index (κ1) is 23.9. The lowest BCUT2D eigenvalue weighted by Crippen LogP contribution is -2.31. The molecule has 162 valence electrons. The summed E-state index contributed by atoms with van der Waals surface area (Å²) in [5.41, 5.74) is 1.35. The minimum atomic E-state index is -3.78. The molecule has 0 saturated carbocycles. The minimum absolute atomic E-state index is 0.0324. The topological polar surface area (TPSA) is 92.8 Å². The number of nitrogens with one attached hydrogen (secondary N) is 1. The van der Waals surface area contributed by atoms with E-state index in [1.807, 2.05) is 19.1 Å². The van der Waals surface area contributed by atoms with Crippen LogP contribution in [0, 0.1) is 6.92 Å². The number of rotatable bonds is 8. The van der Waals surface area contributed by atoms with Crippen LogP contribution >= 0.6 is 11.6 Å². The molecule has 0 radical (unpaired) electrons. The van der Waals surface area contributed by atoms with Crippen molar-refractivity contribution in [1.82, 2.24) is 4.31 Å². The molecule has 0 fully saturated rings. The van der Waals surface area contributed by atoms with E-state index in [1.165, 1.54) is 29.4 Å². The van der Waals surface area contributed by atoms with Gasteiger partial charge in [0.1, 0.15) is 0 Å². The van der Waals surface area contributed by atoms with Crippen LogP contribution in [0.1, 0.15) is 36.7 Å². The van der Waals surface area contributed by atoms with E-state index in [-0.39, 0.29) is 28.6 Å². The zero-order valence-corrected chi connectivity index (χ0v) is 18.9. The van der Waals surface area contributed by atoms with Gasteiger partial charge in [-0.15, -0.1) is 0 Å². The van der Waals surface area contributed by atoms with E-state index in [1.54, 1.807) is 26.0 Å². The van der Waals surface area contributed by atoms with E-state index in [0.717, 1.165) is 5.56 Å². The van der Waals surface area contributed by atoms with Crippen LogP contribution in [-0.2, 0) is 19.6 Å². The SMILES string of the molecule is CCN(CC)S(=O)(=O)c1ccc(Cl)c(C(=O)OC(C)C(=O)Nc2ccccc2C)c1. The fourth-order valence-electron chi connectivity index (χ4n) is 2.76. The predicted octanol–water partition coefficient (Wildman–Crippen LogP) is 3.86. The number of halogens is 1. The summed E-state index contributed by atoms with van der Waals surface area (Å²) in [7, 11) is -3.78. The zero-order valence-electron chi connectivity index (χ0n) is 17.3. The molecule has 0 aliphatic rings. The molecule has 30 heavy (non-hydrogen) atoms. The number of para-hydroxylation sites is 1. The lowest BCUT2D eigenvalue weighted by molar-refractivity contribution is -0.123. The molecular weight excluding hydrogens is 428 g/mol. The molecule has 0 aromatic heterocycles. The summed E-state index contributed by atoms with van der Waals surface area (Å²) in [5, 5.41) is 2.73. The Balaban J connectivity index is 2.20. The molecule has 0 aliphatic carbocycles. The molecule has 0 saturated heterocycles. The molecular formula is C21H25ClN2O5S. The van der Waals surface area contributed by atoms with Gasteiger partial charge < -0.3 is 10.1 Å². The molecule has 1 amide bonds. The predicted molar refractivity (Wildman–Crippen MR) is 116 cm³/mol. The van der Waals surface area contributed by atoms with Gasteiger partial charge >= 0.3 is 5.97 Å². The molecule has 0 spiro atoms. The first-order valence-corrected chi connectivity index (χ1v) is 11.3. The Bertz CT molecular complexity index is 1040. The van der Waals surface area contributed by atoms with Crippen molar-refractivity contribution in [3.63, 3.8) is 0 Å². The Labute approximate surface area is 182 Å². The van der Waals surface area contributed by atoms with E-state index in [2.05, 4.69) is 5.32 Å². The van der Waals surface area contributed by atoms with E-state index in [4.69, 9.17) is 16.3 Å². The van der Waals surface area contributed by atoms with Crippen molar-refractivity contribution in [3.05, 3.63) is 58.6 Å². The second-order valence-electron chi connectivity index (χ2n) is 6.58. The highest BCUT2D eigenvalue weighted by Gasteiger charge is 2.26. The van der Waals surface area contributed by atoms with E-state index < -0.39 is 28.0 Å². The molecule has 1 N–H and O–H groups in total. The first-order valence-electron chi connectivity index (χ1n) is 9.49. The van der Waals surface area contributed by atoms with Crippen LogP contribution in [0.25, 0.3) is 0 Å². The highest BCUT2D eigenvalue weighted by Crippen LogP contribution is 2.24. The molecule has 7 nitrogen and oxygen atoms in total. The number of aryl methyl sites for hydroxylation is 1. The van der Waals surface area contributed by atoms with Crippen LogP contribution in [0.3, 0.4) is 0 Å². The second kappa shape index (κ2) is 10.1. The Morgan fingerprint density at radius 2 is 1.77 bits per heavy atom. The summed E-state index contributed by atoms with van der Waals surface area (Å²) in [4.78, 5) is 24.9. The van der Waals surface area contributed by atoms with Crippen LogP contribution in [0.15, 0.2) is 47.4 Å². The highest BCUT2D eigenvalue weighted by atomic mass is 35.5. The number of anilines is 1. The number of esters is 1. The smallest absolute Gasteiger partial charge is 0.340 e. The number of carbonyl (C=O) groups excluding carboxylic acids is 2. The fourth-order valence-corrected chi connectivity index (χ4v) is 4.44. The lowest BCUT2D eigenvalue weighted by atomic mass is 10.2. The average molecular weight is 453 g/mol. The van der Waals surface area contributed by atoms with Gasteiger partial charge in [0, 0.05) is 18.8 Å². The van der Waals surface area contributed by atoms with Gasteiger partial charge in [0.05, 0.1) is 15.5 Å². The largest absolute Gasteiger partial charge is 0.449 e. The quantitative estimate of drug-likeness (QED) is 0.614. The molecule has 9 heteroatoms. The summed E-state index contributed by atoms with van der Waals surface area (Å²) in [6, 6.07) is 11.0. The third kappa shape index (κ3) is 5.38. The second-order valence-corrected chi connectivity index (χ2v) is 8.93. The van der Waals surface area contributed by atoms with Crippen molar-refractivity contribution in [2.45, 2.75) is 38.7 Å². The molecule has 1 unspecified atom stereocenters. The van der Waals surface area contributed by atoms with Gasteiger partial charge in [0.15, 0.2) is 6.10 Å². The summed E-state index contributed by atoms with van der Waals surface area (Å²) >= 11 is 6.09. The van der Waals surface area contributed by atoms with Crippen molar-refractivity contribution in [3.8, 4) is 0 Å². The molecule has 0 aliphatic heterocycles. The number of benzene rings is 2. The number of ether oxygens (including phenoxy) is 1. The van der Waals surface area contributed by atoms with Crippen molar-refractivity contribution < 1.29 is 22.7 Å². The average Bonchev–Trinajstić information content (AvgIpc) is 2.70. The van der Waals surface area contributed by atoms with Crippen LogP contribution in [-0.4, -0.2) is 43.8 Å². The van der Waals surface area contributed by atoms with Crippen LogP contribution in [0.5, 0.6) is 0 Å². The molecule has 0 bridgehead atoms. The fraction of sp³-hybridized carbons (Fsp3) is 0.333. The van der Waals surface area contributed by atoms with E-state index >= 15 is 0 Å². The third-order valence-corrected chi connectivity index (χ3v) is 6.93. The van der Waals surface area contributed by atoms with Gasteiger partial charge in [0.2, 0.25) is 10.0 Å².